The van der Waals surface area contributed by atoms with Crippen molar-refractivity contribution in [2.45, 2.75) is 39.0 Å². The number of carboxylic acids is 1. The maximum atomic E-state index is 9.00. The van der Waals surface area contributed by atoms with Crippen molar-refractivity contribution in [3.05, 3.63) is 0 Å². The lowest BCUT2D eigenvalue weighted by atomic mass is 10.4. The Morgan fingerprint density at radius 2 is 1.18 bits per heavy atom. The molecule has 0 saturated heterocycles. The van der Waals surface area contributed by atoms with Crippen molar-refractivity contribution in [1.82, 2.24) is 0 Å². The van der Waals surface area contributed by atoms with Gasteiger partial charge in [0.15, 0.2) is 0 Å². The zero-order valence-corrected chi connectivity index (χ0v) is 7.01. The fourth-order valence-corrected chi connectivity index (χ4v) is 0.884. The zero-order chi connectivity index (χ0) is 9.11. The van der Waals surface area contributed by atoms with E-state index in [9.17, 15) is 0 Å². The first-order valence-electron chi connectivity index (χ1n) is 3.72. The molecule has 0 aromatic rings. The van der Waals surface area contributed by atoms with E-state index in [1.165, 1.54) is 32.1 Å². The minimum Gasteiger partial charge on any atom is -0.481 e. The summed E-state index contributed by atoms with van der Waals surface area (Å²) >= 11 is 0. The first-order valence-corrected chi connectivity index (χ1v) is 3.72. The van der Waals surface area contributed by atoms with Crippen LogP contribution in [0.1, 0.15) is 39.0 Å². The molecule has 0 heterocycles. The van der Waals surface area contributed by atoms with E-state index in [2.05, 4.69) is 0 Å². The molecular formula is C8H16O3. The van der Waals surface area contributed by atoms with Crippen molar-refractivity contribution in [1.29, 1.82) is 0 Å². The lowest BCUT2D eigenvalue weighted by molar-refractivity contribution is -0.134. The minimum atomic E-state index is -0.833. The van der Waals surface area contributed by atoms with Gasteiger partial charge in [-0.2, -0.15) is 0 Å². The van der Waals surface area contributed by atoms with Gasteiger partial charge in [0.2, 0.25) is 0 Å². The summed E-state index contributed by atoms with van der Waals surface area (Å²) in [6.45, 7) is 3.08. The van der Waals surface area contributed by atoms with Crippen molar-refractivity contribution in [3.63, 3.8) is 0 Å². The van der Waals surface area contributed by atoms with Crippen molar-refractivity contribution in [3.8, 4) is 0 Å². The van der Waals surface area contributed by atoms with E-state index < -0.39 is 5.97 Å². The molecule has 3 heteroatoms. The summed E-state index contributed by atoms with van der Waals surface area (Å²) in [6, 6.07) is 0. The van der Waals surface area contributed by atoms with Gasteiger partial charge in [0.05, 0.1) is 0 Å². The van der Waals surface area contributed by atoms with Crippen LogP contribution in [-0.4, -0.2) is 17.9 Å². The summed E-state index contributed by atoms with van der Waals surface area (Å²) in [4.78, 5) is 17.0. The van der Waals surface area contributed by atoms with Crippen LogP contribution in [0.4, 0.5) is 0 Å². The molecule has 1 aliphatic carbocycles. The number of aliphatic carboxylic acids is 1. The lowest BCUT2D eigenvalue weighted by Gasteiger charge is -1.67. The van der Waals surface area contributed by atoms with Gasteiger partial charge in [0.25, 0.3) is 5.97 Å². The fraction of sp³-hybridized carbons (Fsp3) is 0.750. The third-order valence-corrected chi connectivity index (χ3v) is 1.25. The molecule has 0 aliphatic heterocycles. The van der Waals surface area contributed by atoms with Gasteiger partial charge < -0.3 is 9.90 Å². The predicted octanol–water partition coefficient (Wildman–Crippen LogP) is 1.86. The Balaban J connectivity index is 0. The van der Waals surface area contributed by atoms with Crippen LogP contribution in [0.3, 0.4) is 0 Å². The Morgan fingerprint density at radius 3 is 1.27 bits per heavy atom. The summed E-state index contributed by atoms with van der Waals surface area (Å²) in [6.07, 6.45) is 7.50. The molecule has 0 radical (unpaired) electrons. The molecule has 1 saturated carbocycles. The second kappa shape index (κ2) is 11.9. The van der Waals surface area contributed by atoms with Crippen LogP contribution in [0.15, 0.2) is 0 Å². The molecule has 0 bridgehead atoms. The molecule has 0 unspecified atom stereocenters. The maximum absolute atomic E-state index is 9.00. The van der Waals surface area contributed by atoms with Crippen LogP contribution >= 0.6 is 0 Å². The molecule has 11 heavy (non-hydrogen) atoms. The molecule has 1 rings (SSSR count). The van der Waals surface area contributed by atoms with Gasteiger partial charge in [0, 0.05) is 6.92 Å². The minimum absolute atomic E-state index is 0.833. The number of carbonyl (C=O) groups excluding carboxylic acids is 1. The number of rotatable bonds is 0. The van der Waals surface area contributed by atoms with Gasteiger partial charge in [-0.25, -0.2) is 0 Å². The highest BCUT2D eigenvalue weighted by molar-refractivity contribution is 5.62. The van der Waals surface area contributed by atoms with E-state index in [1.807, 2.05) is 6.79 Å². The molecule has 0 amide bonds. The van der Waals surface area contributed by atoms with E-state index in [1.54, 1.807) is 0 Å². The molecule has 1 aliphatic rings. The largest absolute Gasteiger partial charge is 0.481 e. The number of hydrogen-bond donors (Lipinski definition) is 1. The first kappa shape index (κ1) is 12.8. The average molecular weight is 160 g/mol. The third kappa shape index (κ3) is 27.2. The van der Waals surface area contributed by atoms with Crippen molar-refractivity contribution in [2.75, 3.05) is 0 Å². The Hall–Kier alpha value is -0.860. The van der Waals surface area contributed by atoms with Gasteiger partial charge >= 0.3 is 0 Å². The van der Waals surface area contributed by atoms with Crippen LogP contribution in [0.25, 0.3) is 0 Å². The molecule has 1 fully saturated rings. The number of carbonyl (C=O) groups is 2. The second-order valence-corrected chi connectivity index (χ2v) is 2.29. The van der Waals surface area contributed by atoms with Crippen molar-refractivity contribution in [2.24, 2.45) is 0 Å². The van der Waals surface area contributed by atoms with E-state index >= 15 is 0 Å². The molecule has 1 N–H and O–H groups in total. The lowest BCUT2D eigenvalue weighted by Crippen LogP contribution is -1.78. The van der Waals surface area contributed by atoms with Gasteiger partial charge in [0.1, 0.15) is 6.79 Å². The Kier molecular flexibility index (Phi) is 13.8. The Bertz CT molecular complexity index is 75.7. The summed E-state index contributed by atoms with van der Waals surface area (Å²) in [5.41, 5.74) is 0. The van der Waals surface area contributed by atoms with Crippen molar-refractivity contribution >= 4 is 12.8 Å². The number of hydrogen-bond acceptors (Lipinski definition) is 2. The van der Waals surface area contributed by atoms with Crippen LogP contribution in [0.5, 0.6) is 0 Å². The second-order valence-electron chi connectivity index (χ2n) is 2.29. The van der Waals surface area contributed by atoms with Gasteiger partial charge in [-0.1, -0.05) is 32.1 Å². The van der Waals surface area contributed by atoms with E-state index in [0.29, 0.717) is 0 Å². The summed E-state index contributed by atoms with van der Waals surface area (Å²) < 4.78 is 0. The standard InChI is InChI=1S/C5H10.C2H4O2.CH2O/c1-2-4-5-3-1;1-2(3)4;1-2/h1-5H2;1H3,(H,3,4);1H2. The first-order chi connectivity index (χ1) is 5.23. The summed E-state index contributed by atoms with van der Waals surface area (Å²) in [5, 5.41) is 7.42. The van der Waals surface area contributed by atoms with Crippen LogP contribution in [0.2, 0.25) is 0 Å². The normalized spacial score (nSPS) is 13.5. The van der Waals surface area contributed by atoms with E-state index in [4.69, 9.17) is 14.7 Å². The number of carboxylic acid groups (broad SMARTS) is 1. The highest BCUT2D eigenvalue weighted by Gasteiger charge is 1.95. The maximum Gasteiger partial charge on any atom is 0.300 e. The topological polar surface area (TPSA) is 54.4 Å². The average Bonchev–Trinajstić information content (AvgIpc) is 2.44. The SMILES string of the molecule is C1CCCC1.C=O.CC(=O)O. The molecule has 0 aromatic carbocycles. The van der Waals surface area contributed by atoms with Crippen molar-refractivity contribution < 1.29 is 14.7 Å². The van der Waals surface area contributed by atoms with Crippen LogP contribution in [0, 0.1) is 0 Å². The highest BCUT2D eigenvalue weighted by Crippen LogP contribution is 2.15. The monoisotopic (exact) mass is 160 g/mol. The van der Waals surface area contributed by atoms with Gasteiger partial charge in [-0.05, 0) is 0 Å². The smallest absolute Gasteiger partial charge is 0.300 e. The molecule has 0 aromatic heterocycles. The quantitative estimate of drug-likeness (QED) is 0.588. The molecule has 0 spiro atoms. The molecule has 3 nitrogen and oxygen atoms in total. The van der Waals surface area contributed by atoms with Crippen LogP contribution in [-0.2, 0) is 9.59 Å². The van der Waals surface area contributed by atoms with Crippen LogP contribution < -0.4 is 0 Å². The predicted molar refractivity (Wildman–Crippen MR) is 43.5 cm³/mol. The van der Waals surface area contributed by atoms with Gasteiger partial charge in [-0.15, -0.1) is 0 Å². The van der Waals surface area contributed by atoms with Gasteiger partial charge in [-0.3, -0.25) is 4.79 Å². The molecule has 66 valence electrons. The summed E-state index contributed by atoms with van der Waals surface area (Å²) in [7, 11) is 0. The zero-order valence-electron chi connectivity index (χ0n) is 7.01. The van der Waals surface area contributed by atoms with E-state index in [-0.39, 0.29) is 0 Å². The van der Waals surface area contributed by atoms with E-state index in [0.717, 1.165) is 6.92 Å². The Labute approximate surface area is 67.4 Å². The third-order valence-electron chi connectivity index (χ3n) is 1.25. The highest BCUT2D eigenvalue weighted by atomic mass is 16.4. The molecular weight excluding hydrogens is 144 g/mol. The fourth-order valence-electron chi connectivity index (χ4n) is 0.884. The summed E-state index contributed by atoms with van der Waals surface area (Å²) in [5.74, 6) is -0.833. The Morgan fingerprint density at radius 1 is 1.09 bits per heavy atom. The molecule has 0 atom stereocenters.